The van der Waals surface area contributed by atoms with Crippen LogP contribution in [-0.2, 0) is 27.3 Å². The van der Waals surface area contributed by atoms with E-state index in [0.717, 1.165) is 17.0 Å². The Morgan fingerprint density at radius 1 is 1.03 bits per heavy atom. The number of piperidine rings is 1. The fraction of sp³-hybridized carbons (Fsp3) is 0.692. The third-order valence-corrected chi connectivity index (χ3v) is 7.33. The molecule has 36 heavy (non-hydrogen) atoms. The van der Waals surface area contributed by atoms with E-state index < -0.39 is 33.4 Å². The topological polar surface area (TPSA) is 116 Å². The second kappa shape index (κ2) is 9.85. The van der Waals surface area contributed by atoms with Crippen LogP contribution in [0.2, 0.25) is 0 Å². The van der Waals surface area contributed by atoms with Gasteiger partial charge >= 0.3 is 12.2 Å². The highest BCUT2D eigenvalue weighted by Crippen LogP contribution is 2.46. The molecule has 200 valence electrons. The summed E-state index contributed by atoms with van der Waals surface area (Å²) >= 11 is -1.45. The van der Waals surface area contributed by atoms with Crippen molar-refractivity contribution < 1.29 is 23.6 Å². The van der Waals surface area contributed by atoms with Crippen molar-refractivity contribution in [1.29, 1.82) is 0 Å². The van der Waals surface area contributed by atoms with Gasteiger partial charge in [0.2, 0.25) is 0 Å². The predicted octanol–water partition coefficient (Wildman–Crippen LogP) is 5.25. The van der Waals surface area contributed by atoms with E-state index in [2.05, 4.69) is 5.32 Å². The Balaban J connectivity index is 1.88. The molecule has 1 aliphatic heterocycles. The number of aromatic nitrogens is 1. The van der Waals surface area contributed by atoms with Crippen LogP contribution in [0.1, 0.15) is 86.4 Å². The summed E-state index contributed by atoms with van der Waals surface area (Å²) in [5.74, 6) is 0.391. The average molecular weight is 521 g/mol. The number of carbonyl (C=O) groups is 2. The summed E-state index contributed by atoms with van der Waals surface area (Å²) in [7, 11) is 0. The highest BCUT2D eigenvalue weighted by atomic mass is 32.2. The van der Waals surface area contributed by atoms with E-state index in [0.29, 0.717) is 38.2 Å². The molecule has 9 nitrogen and oxygen atoms in total. The van der Waals surface area contributed by atoms with E-state index in [1.54, 1.807) is 31.7 Å². The summed E-state index contributed by atoms with van der Waals surface area (Å²) in [6.45, 7) is 17.7. The molecule has 1 aromatic heterocycles. The standard InChI is InChI=1S/C26H40N4O5S/c1-23(2,3)34-21(31)28-19-11-10-17-18(27-19)16-26(20(17)29-36(33)25(7,8)9)12-14-30(15-13-26)22(32)35-24(4,5)6/h10-11H,12-16H2,1-9H3,(H,27,28,31)/b29-20+. The number of likely N-dealkylation sites (tertiary alicyclic amines) is 1. The third kappa shape index (κ3) is 6.91. The quantitative estimate of drug-likeness (QED) is 0.532. The SMILES string of the molecule is CC(C)(C)OC(=O)Nc1ccc2c(n1)CC1(CCN(C(=O)OC(C)(C)C)CC1)/C2=N/[S+]([O-])C(C)(C)C. The number of hydrogen-bond acceptors (Lipinski definition) is 7. The molecule has 2 aliphatic rings. The first-order chi connectivity index (χ1) is 16.4. The summed E-state index contributed by atoms with van der Waals surface area (Å²) in [6, 6.07) is 3.59. The van der Waals surface area contributed by atoms with Crippen molar-refractivity contribution in [2.75, 3.05) is 18.4 Å². The number of amides is 2. The lowest BCUT2D eigenvalue weighted by molar-refractivity contribution is 0.0158. The number of hydrogen-bond donors (Lipinski definition) is 1. The molecule has 1 atom stereocenters. The fourth-order valence-electron chi connectivity index (χ4n) is 4.24. The monoisotopic (exact) mass is 520 g/mol. The zero-order chi connectivity index (χ0) is 27.1. The molecule has 1 unspecified atom stereocenters. The van der Waals surface area contributed by atoms with Crippen LogP contribution in [0.15, 0.2) is 16.5 Å². The van der Waals surface area contributed by atoms with Crippen molar-refractivity contribution in [1.82, 2.24) is 9.88 Å². The maximum absolute atomic E-state index is 13.1. The van der Waals surface area contributed by atoms with Crippen molar-refractivity contribution in [3.8, 4) is 0 Å². The zero-order valence-electron chi connectivity index (χ0n) is 23.0. The number of nitrogens with one attached hydrogen (secondary N) is 1. The molecular weight excluding hydrogens is 480 g/mol. The summed E-state index contributed by atoms with van der Waals surface area (Å²) in [5.41, 5.74) is 0.828. The lowest BCUT2D eigenvalue weighted by Gasteiger charge is -2.39. The number of ether oxygens (including phenoxy) is 2. The van der Waals surface area contributed by atoms with E-state index >= 15 is 0 Å². The number of rotatable bonds is 2. The number of fused-ring (bicyclic) bond motifs is 1. The van der Waals surface area contributed by atoms with Crippen LogP contribution in [0.5, 0.6) is 0 Å². The van der Waals surface area contributed by atoms with Crippen molar-refractivity contribution in [2.24, 2.45) is 9.81 Å². The van der Waals surface area contributed by atoms with E-state index in [4.69, 9.17) is 18.9 Å². The van der Waals surface area contributed by atoms with Gasteiger partial charge < -0.3 is 18.9 Å². The minimum Gasteiger partial charge on any atom is -0.591 e. The van der Waals surface area contributed by atoms with Crippen LogP contribution in [0.4, 0.5) is 15.4 Å². The smallest absolute Gasteiger partial charge is 0.413 e. The second-order valence-corrected chi connectivity index (χ2v) is 14.4. The molecular formula is C26H40N4O5S. The highest BCUT2D eigenvalue weighted by molar-refractivity contribution is 7.91. The maximum Gasteiger partial charge on any atom is 0.413 e. The maximum atomic E-state index is 13.1. The Kier molecular flexibility index (Phi) is 7.73. The zero-order valence-corrected chi connectivity index (χ0v) is 23.8. The fourth-order valence-corrected chi connectivity index (χ4v) is 4.97. The molecule has 2 amide bonds. The second-order valence-electron chi connectivity index (χ2n) is 12.5. The van der Waals surface area contributed by atoms with Gasteiger partial charge in [0.05, 0.1) is 5.69 Å². The molecule has 1 saturated heterocycles. The van der Waals surface area contributed by atoms with E-state index in [1.165, 1.54) is 0 Å². The Hall–Kier alpha value is -2.33. The van der Waals surface area contributed by atoms with Gasteiger partial charge in [-0.3, -0.25) is 5.32 Å². The molecule has 0 radical (unpaired) electrons. The lowest BCUT2D eigenvalue weighted by Crippen LogP contribution is -2.47. The minimum absolute atomic E-state index is 0.327. The van der Waals surface area contributed by atoms with Crippen LogP contribution in [0.3, 0.4) is 0 Å². The first-order valence-electron chi connectivity index (χ1n) is 12.4. The molecule has 1 spiro atoms. The van der Waals surface area contributed by atoms with Gasteiger partial charge in [-0.15, -0.1) is 0 Å². The van der Waals surface area contributed by atoms with Crippen LogP contribution >= 0.6 is 0 Å². The van der Waals surface area contributed by atoms with Crippen LogP contribution in [0, 0.1) is 5.41 Å². The van der Waals surface area contributed by atoms with Crippen molar-refractivity contribution >= 4 is 35.1 Å². The van der Waals surface area contributed by atoms with E-state index in [-0.39, 0.29) is 11.5 Å². The number of carbonyl (C=O) groups excluding carboxylic acids is 2. The van der Waals surface area contributed by atoms with E-state index in [9.17, 15) is 14.1 Å². The summed E-state index contributed by atoms with van der Waals surface area (Å²) < 4.78 is 28.2. The van der Waals surface area contributed by atoms with Crippen molar-refractivity contribution in [3.63, 3.8) is 0 Å². The number of anilines is 1. The van der Waals surface area contributed by atoms with Crippen molar-refractivity contribution in [2.45, 2.75) is 97.5 Å². The molecule has 0 aromatic carbocycles. The largest absolute Gasteiger partial charge is 0.591 e. The van der Waals surface area contributed by atoms with Crippen LogP contribution in [-0.4, -0.2) is 61.4 Å². The van der Waals surface area contributed by atoms with Gasteiger partial charge in [0.1, 0.15) is 38.8 Å². The Morgan fingerprint density at radius 3 is 2.14 bits per heavy atom. The van der Waals surface area contributed by atoms with Gasteiger partial charge in [0.15, 0.2) is 0 Å². The molecule has 0 bridgehead atoms. The molecule has 3 rings (SSSR count). The normalized spacial score (nSPS) is 19.7. The molecule has 1 aliphatic carbocycles. The van der Waals surface area contributed by atoms with Crippen LogP contribution < -0.4 is 5.32 Å². The van der Waals surface area contributed by atoms with Gasteiger partial charge in [-0.2, -0.15) is 0 Å². The Morgan fingerprint density at radius 2 is 1.61 bits per heavy atom. The van der Waals surface area contributed by atoms with Crippen LogP contribution in [0.25, 0.3) is 0 Å². The average Bonchev–Trinajstić information content (AvgIpc) is 2.97. The first kappa shape index (κ1) is 28.2. The summed E-state index contributed by atoms with van der Waals surface area (Å²) in [4.78, 5) is 31.3. The molecule has 1 N–H and O–H groups in total. The summed E-state index contributed by atoms with van der Waals surface area (Å²) in [5, 5.41) is 2.70. The lowest BCUT2D eigenvalue weighted by atomic mass is 9.75. The van der Waals surface area contributed by atoms with Gasteiger partial charge in [-0.05, 0) is 87.3 Å². The predicted molar refractivity (Wildman–Crippen MR) is 142 cm³/mol. The minimum atomic E-state index is -1.45. The number of nitrogens with zero attached hydrogens (tertiary/aromatic N) is 3. The van der Waals surface area contributed by atoms with E-state index in [1.807, 2.05) is 47.6 Å². The number of pyridine rings is 1. The van der Waals surface area contributed by atoms with Gasteiger partial charge in [0.25, 0.3) is 0 Å². The Labute approximate surface area is 217 Å². The summed E-state index contributed by atoms with van der Waals surface area (Å²) in [6.07, 6.45) is 0.992. The van der Waals surface area contributed by atoms with Crippen molar-refractivity contribution in [3.05, 3.63) is 23.4 Å². The highest BCUT2D eigenvalue weighted by Gasteiger charge is 2.49. The van der Waals surface area contributed by atoms with Gasteiger partial charge in [-0.25, -0.2) is 14.6 Å². The molecule has 1 fully saturated rings. The molecule has 1 aromatic rings. The third-order valence-electron chi connectivity index (χ3n) is 5.94. The molecule has 0 saturated carbocycles. The Bertz CT molecular complexity index is 1030. The van der Waals surface area contributed by atoms with Gasteiger partial charge in [0, 0.05) is 30.5 Å². The van der Waals surface area contributed by atoms with Gasteiger partial charge in [-0.1, -0.05) is 4.40 Å². The molecule has 10 heteroatoms. The first-order valence-corrected chi connectivity index (χ1v) is 13.5. The molecule has 2 heterocycles.